The Morgan fingerprint density at radius 2 is 2.14 bits per heavy atom. The van der Waals surface area contributed by atoms with Crippen molar-refractivity contribution in [3.05, 3.63) is 41.2 Å². The minimum Gasteiger partial charge on any atom is -0.383 e. The van der Waals surface area contributed by atoms with Crippen LogP contribution >= 0.6 is 11.6 Å². The molecule has 3 aromatic heterocycles. The van der Waals surface area contributed by atoms with E-state index in [1.54, 1.807) is 42.4 Å². The molecule has 7 heteroatoms. The molecule has 0 aliphatic heterocycles. The quantitative estimate of drug-likeness (QED) is 0.740. The number of nitriles is 1. The van der Waals surface area contributed by atoms with Gasteiger partial charge < -0.3 is 4.74 Å². The second kappa shape index (κ2) is 6.10. The smallest absolute Gasteiger partial charge is 0.137 e. The molecule has 0 aliphatic carbocycles. The largest absolute Gasteiger partial charge is 0.383 e. The summed E-state index contributed by atoms with van der Waals surface area (Å²) in [6.07, 6.45) is 3.21. The number of hydrogen-bond acceptors (Lipinski definition) is 5. The summed E-state index contributed by atoms with van der Waals surface area (Å²) in [4.78, 5) is 8.66. The normalized spacial score (nSPS) is 10.8. The SMILES string of the molecule is COCCn1nc(-c2cc(C#N)ccn2)c2nccc(Cl)c21. The molecule has 0 amide bonds. The van der Waals surface area contributed by atoms with Gasteiger partial charge in [-0.1, -0.05) is 11.6 Å². The topological polar surface area (TPSA) is 76.6 Å². The van der Waals surface area contributed by atoms with E-state index in [9.17, 15) is 0 Å². The van der Waals surface area contributed by atoms with E-state index in [2.05, 4.69) is 21.1 Å². The van der Waals surface area contributed by atoms with Crippen LogP contribution in [-0.4, -0.2) is 33.5 Å². The van der Waals surface area contributed by atoms with Gasteiger partial charge in [0.1, 0.15) is 16.7 Å². The van der Waals surface area contributed by atoms with Gasteiger partial charge in [0.15, 0.2) is 0 Å². The summed E-state index contributed by atoms with van der Waals surface area (Å²) in [7, 11) is 1.63. The Kier molecular flexibility index (Phi) is 4.00. The summed E-state index contributed by atoms with van der Waals surface area (Å²) < 4.78 is 6.86. The molecule has 3 heterocycles. The van der Waals surface area contributed by atoms with Crippen molar-refractivity contribution in [2.75, 3.05) is 13.7 Å². The summed E-state index contributed by atoms with van der Waals surface area (Å²) in [6.45, 7) is 1.06. The van der Waals surface area contributed by atoms with Gasteiger partial charge in [0.2, 0.25) is 0 Å². The first-order valence-electron chi connectivity index (χ1n) is 6.61. The standard InChI is InChI=1S/C15H12ClN5O/c1-22-7-6-21-15-11(16)3-5-19-14(15)13(20-21)12-8-10(9-17)2-4-18-12/h2-5,8H,6-7H2,1H3. The molecule has 0 N–H and O–H groups in total. The lowest BCUT2D eigenvalue weighted by Crippen LogP contribution is -2.06. The molecule has 3 aromatic rings. The van der Waals surface area contributed by atoms with Crippen molar-refractivity contribution in [2.24, 2.45) is 0 Å². The number of methoxy groups -OCH3 is 1. The monoisotopic (exact) mass is 313 g/mol. The molecule has 110 valence electrons. The summed E-state index contributed by atoms with van der Waals surface area (Å²) >= 11 is 6.29. The van der Waals surface area contributed by atoms with Gasteiger partial charge in [-0.25, -0.2) is 0 Å². The molecule has 0 fully saturated rings. The van der Waals surface area contributed by atoms with Crippen molar-refractivity contribution >= 4 is 22.6 Å². The molecular weight excluding hydrogens is 302 g/mol. The molecule has 0 radical (unpaired) electrons. The van der Waals surface area contributed by atoms with Crippen LogP contribution < -0.4 is 0 Å². The maximum atomic E-state index is 9.03. The molecule has 3 rings (SSSR count). The Bertz CT molecular complexity index is 868. The van der Waals surface area contributed by atoms with Gasteiger partial charge >= 0.3 is 0 Å². The van der Waals surface area contributed by atoms with E-state index < -0.39 is 0 Å². The zero-order valence-electron chi connectivity index (χ0n) is 11.8. The number of rotatable bonds is 4. The molecule has 6 nitrogen and oxygen atoms in total. The van der Waals surface area contributed by atoms with E-state index in [0.29, 0.717) is 40.6 Å². The fourth-order valence-corrected chi connectivity index (χ4v) is 2.45. The van der Waals surface area contributed by atoms with Crippen LogP contribution in [0.4, 0.5) is 0 Å². The van der Waals surface area contributed by atoms with Crippen LogP contribution in [0.15, 0.2) is 30.6 Å². The molecule has 0 unspecified atom stereocenters. The second-order valence-corrected chi connectivity index (χ2v) is 5.00. The number of fused-ring (bicyclic) bond motifs is 1. The molecule has 0 aliphatic rings. The Labute approximate surface area is 131 Å². The number of hydrogen-bond donors (Lipinski definition) is 0. The third kappa shape index (κ3) is 2.52. The van der Waals surface area contributed by atoms with Crippen molar-refractivity contribution in [1.29, 1.82) is 5.26 Å². The number of halogens is 1. The Morgan fingerprint density at radius 3 is 2.91 bits per heavy atom. The highest BCUT2D eigenvalue weighted by atomic mass is 35.5. The minimum atomic E-state index is 0.507. The molecule has 0 saturated carbocycles. The minimum absolute atomic E-state index is 0.507. The van der Waals surface area contributed by atoms with Gasteiger partial charge in [0.25, 0.3) is 0 Å². The van der Waals surface area contributed by atoms with Crippen molar-refractivity contribution < 1.29 is 4.74 Å². The van der Waals surface area contributed by atoms with Crippen molar-refractivity contribution in [1.82, 2.24) is 19.7 Å². The number of aromatic nitrogens is 4. The third-order valence-corrected chi connectivity index (χ3v) is 3.52. The van der Waals surface area contributed by atoms with Crippen molar-refractivity contribution in [2.45, 2.75) is 6.54 Å². The van der Waals surface area contributed by atoms with Gasteiger partial charge in [0.05, 0.1) is 35.5 Å². The molecular formula is C15H12ClN5O. The summed E-state index contributed by atoms with van der Waals surface area (Å²) in [5.74, 6) is 0. The summed E-state index contributed by atoms with van der Waals surface area (Å²) in [5, 5.41) is 14.1. The van der Waals surface area contributed by atoms with Gasteiger partial charge in [-0.15, -0.1) is 0 Å². The fraction of sp³-hybridized carbons (Fsp3) is 0.200. The summed E-state index contributed by atoms with van der Waals surface area (Å²) in [6, 6.07) is 7.15. The van der Waals surface area contributed by atoms with Crippen LogP contribution in [0.5, 0.6) is 0 Å². The predicted molar refractivity (Wildman–Crippen MR) is 82.4 cm³/mol. The van der Waals surface area contributed by atoms with Crippen LogP contribution in [0.25, 0.3) is 22.4 Å². The van der Waals surface area contributed by atoms with E-state index in [-0.39, 0.29) is 0 Å². The average Bonchev–Trinajstić information content (AvgIpc) is 2.93. The molecule has 0 aromatic carbocycles. The maximum absolute atomic E-state index is 9.03. The van der Waals surface area contributed by atoms with Gasteiger partial charge in [0, 0.05) is 19.5 Å². The maximum Gasteiger partial charge on any atom is 0.137 e. The van der Waals surface area contributed by atoms with E-state index in [1.807, 2.05) is 0 Å². The second-order valence-electron chi connectivity index (χ2n) is 4.60. The van der Waals surface area contributed by atoms with Crippen LogP contribution in [-0.2, 0) is 11.3 Å². The van der Waals surface area contributed by atoms with Crippen molar-refractivity contribution in [3.63, 3.8) is 0 Å². The van der Waals surface area contributed by atoms with Crippen LogP contribution in [0.3, 0.4) is 0 Å². The lowest BCUT2D eigenvalue weighted by molar-refractivity contribution is 0.185. The molecule has 0 bridgehead atoms. The molecule has 0 spiro atoms. The number of pyridine rings is 2. The van der Waals surface area contributed by atoms with Crippen LogP contribution in [0, 0.1) is 11.3 Å². The lowest BCUT2D eigenvalue weighted by atomic mass is 10.2. The molecule has 0 saturated heterocycles. The van der Waals surface area contributed by atoms with E-state index in [1.165, 1.54) is 0 Å². The summed E-state index contributed by atoms with van der Waals surface area (Å²) in [5.41, 5.74) is 3.11. The third-order valence-electron chi connectivity index (χ3n) is 3.22. The Morgan fingerprint density at radius 1 is 1.32 bits per heavy atom. The first-order valence-corrected chi connectivity index (χ1v) is 6.99. The van der Waals surface area contributed by atoms with E-state index >= 15 is 0 Å². The molecule has 0 atom stereocenters. The first kappa shape index (κ1) is 14.4. The zero-order chi connectivity index (χ0) is 15.5. The number of ether oxygens (including phenoxy) is 1. The molecule has 22 heavy (non-hydrogen) atoms. The highest BCUT2D eigenvalue weighted by molar-refractivity contribution is 6.35. The van der Waals surface area contributed by atoms with Gasteiger partial charge in [-0.3, -0.25) is 14.6 Å². The number of nitrogens with zero attached hydrogens (tertiary/aromatic N) is 5. The van der Waals surface area contributed by atoms with E-state index in [0.717, 1.165) is 5.52 Å². The fourth-order valence-electron chi connectivity index (χ4n) is 2.21. The Hall–Kier alpha value is -2.49. The highest BCUT2D eigenvalue weighted by Crippen LogP contribution is 2.29. The van der Waals surface area contributed by atoms with Crippen LogP contribution in [0.1, 0.15) is 5.56 Å². The highest BCUT2D eigenvalue weighted by Gasteiger charge is 2.17. The van der Waals surface area contributed by atoms with Crippen molar-refractivity contribution in [3.8, 4) is 17.5 Å². The predicted octanol–water partition coefficient (Wildman–Crippen LogP) is 2.66. The van der Waals surface area contributed by atoms with E-state index in [4.69, 9.17) is 21.6 Å². The van der Waals surface area contributed by atoms with Gasteiger partial charge in [-0.2, -0.15) is 10.4 Å². The lowest BCUT2D eigenvalue weighted by Gasteiger charge is -2.02. The first-order chi connectivity index (χ1) is 10.7. The average molecular weight is 314 g/mol. The van der Waals surface area contributed by atoms with Gasteiger partial charge in [-0.05, 0) is 18.2 Å². The van der Waals surface area contributed by atoms with Crippen LogP contribution in [0.2, 0.25) is 5.02 Å². The zero-order valence-corrected chi connectivity index (χ0v) is 12.6. The Balaban J connectivity index is 2.21.